The van der Waals surface area contributed by atoms with E-state index < -0.39 is 0 Å². The van der Waals surface area contributed by atoms with Gasteiger partial charge in [0.25, 0.3) is 0 Å². The molecule has 1 heteroatoms. The van der Waals surface area contributed by atoms with E-state index in [0.29, 0.717) is 5.92 Å². The lowest BCUT2D eigenvalue weighted by Crippen LogP contribution is -1.83. The first kappa shape index (κ1) is 6.27. The van der Waals surface area contributed by atoms with E-state index in [0.717, 1.165) is 12.7 Å². The van der Waals surface area contributed by atoms with Crippen molar-refractivity contribution in [3.63, 3.8) is 0 Å². The molecule has 1 aliphatic rings. The summed E-state index contributed by atoms with van der Waals surface area (Å²) in [6.07, 6.45) is 11.0. The Morgan fingerprint density at radius 3 is 3.00 bits per heavy atom. The molecule has 0 fully saturated rings. The van der Waals surface area contributed by atoms with Gasteiger partial charge in [0.15, 0.2) is 0 Å². The van der Waals surface area contributed by atoms with Crippen molar-refractivity contribution in [3.05, 3.63) is 24.3 Å². The normalized spacial score (nSPS) is 25.6. The standard InChI is InChI=1S/C8H10O/c9-7-3-6-8-4-1-2-5-8/h1,3-4,6-8H,2,5H2. The van der Waals surface area contributed by atoms with Gasteiger partial charge in [0.05, 0.1) is 0 Å². The molecule has 0 heterocycles. The lowest BCUT2D eigenvalue weighted by molar-refractivity contribution is -0.104. The van der Waals surface area contributed by atoms with Crippen LogP contribution in [0.4, 0.5) is 0 Å². The quantitative estimate of drug-likeness (QED) is 0.309. The molecule has 1 atom stereocenters. The molecule has 1 rings (SSSR count). The van der Waals surface area contributed by atoms with Crippen LogP contribution in [0.25, 0.3) is 0 Å². The largest absolute Gasteiger partial charge is 0.299 e. The highest BCUT2D eigenvalue weighted by Crippen LogP contribution is 2.17. The lowest BCUT2D eigenvalue weighted by Gasteiger charge is -1.94. The number of allylic oxidation sites excluding steroid dienone is 4. The fourth-order valence-corrected chi connectivity index (χ4v) is 1.00. The molecule has 0 aromatic carbocycles. The monoisotopic (exact) mass is 122 g/mol. The third-order valence-corrected chi connectivity index (χ3v) is 1.49. The fraction of sp³-hybridized carbons (Fsp3) is 0.375. The zero-order valence-electron chi connectivity index (χ0n) is 5.29. The molecule has 0 aliphatic heterocycles. The van der Waals surface area contributed by atoms with Crippen molar-refractivity contribution >= 4 is 6.29 Å². The first-order valence-electron chi connectivity index (χ1n) is 3.22. The van der Waals surface area contributed by atoms with E-state index in [4.69, 9.17) is 0 Å². The van der Waals surface area contributed by atoms with Crippen molar-refractivity contribution in [2.45, 2.75) is 12.8 Å². The van der Waals surface area contributed by atoms with Crippen LogP contribution in [0.1, 0.15) is 12.8 Å². The molecule has 1 nitrogen and oxygen atoms in total. The number of carbonyl (C=O) groups is 1. The molecule has 0 spiro atoms. The van der Waals surface area contributed by atoms with Gasteiger partial charge in [-0.2, -0.15) is 0 Å². The molecule has 0 amide bonds. The summed E-state index contributed by atoms with van der Waals surface area (Å²) in [4.78, 5) is 9.85. The second-order valence-corrected chi connectivity index (χ2v) is 2.19. The van der Waals surface area contributed by atoms with E-state index >= 15 is 0 Å². The van der Waals surface area contributed by atoms with Crippen LogP contribution >= 0.6 is 0 Å². The third-order valence-electron chi connectivity index (χ3n) is 1.49. The Hall–Kier alpha value is -0.850. The predicted octanol–water partition coefficient (Wildman–Crippen LogP) is 1.71. The Labute approximate surface area is 55.1 Å². The molecular formula is C8H10O. The van der Waals surface area contributed by atoms with Crippen molar-refractivity contribution in [1.82, 2.24) is 0 Å². The first-order chi connectivity index (χ1) is 4.43. The molecule has 1 unspecified atom stereocenters. The Bertz CT molecular complexity index is 145. The molecule has 9 heavy (non-hydrogen) atoms. The Morgan fingerprint density at radius 2 is 2.44 bits per heavy atom. The van der Waals surface area contributed by atoms with Crippen molar-refractivity contribution in [2.24, 2.45) is 5.92 Å². The number of hydrogen-bond donors (Lipinski definition) is 0. The van der Waals surface area contributed by atoms with Crippen molar-refractivity contribution in [2.75, 3.05) is 0 Å². The van der Waals surface area contributed by atoms with Gasteiger partial charge in [-0.25, -0.2) is 0 Å². The van der Waals surface area contributed by atoms with Crippen LogP contribution in [0.15, 0.2) is 24.3 Å². The van der Waals surface area contributed by atoms with Crippen LogP contribution in [0.3, 0.4) is 0 Å². The summed E-state index contributed by atoms with van der Waals surface area (Å²) in [6.45, 7) is 0. The molecule has 0 N–H and O–H groups in total. The van der Waals surface area contributed by atoms with E-state index in [9.17, 15) is 4.79 Å². The topological polar surface area (TPSA) is 17.1 Å². The van der Waals surface area contributed by atoms with Crippen LogP contribution in [-0.2, 0) is 4.79 Å². The van der Waals surface area contributed by atoms with Crippen LogP contribution in [0.2, 0.25) is 0 Å². The van der Waals surface area contributed by atoms with Crippen LogP contribution in [-0.4, -0.2) is 6.29 Å². The summed E-state index contributed by atoms with van der Waals surface area (Å²) < 4.78 is 0. The van der Waals surface area contributed by atoms with Gasteiger partial charge in [-0.1, -0.05) is 18.2 Å². The summed E-state index contributed by atoms with van der Waals surface area (Å²) in [6, 6.07) is 0. The molecule has 0 aromatic rings. The molecule has 0 saturated carbocycles. The molecule has 0 bridgehead atoms. The summed E-state index contributed by atoms with van der Waals surface area (Å²) in [5, 5.41) is 0. The average molecular weight is 122 g/mol. The minimum absolute atomic E-state index is 0.523. The van der Waals surface area contributed by atoms with E-state index in [-0.39, 0.29) is 0 Å². The molecule has 0 aromatic heterocycles. The summed E-state index contributed by atoms with van der Waals surface area (Å²) >= 11 is 0. The van der Waals surface area contributed by atoms with Gasteiger partial charge in [0, 0.05) is 0 Å². The molecule has 0 radical (unpaired) electrons. The smallest absolute Gasteiger partial charge is 0.142 e. The van der Waals surface area contributed by atoms with Crippen molar-refractivity contribution in [3.8, 4) is 0 Å². The minimum atomic E-state index is 0.523. The Morgan fingerprint density at radius 1 is 1.56 bits per heavy atom. The van der Waals surface area contributed by atoms with Gasteiger partial charge in [-0.15, -0.1) is 0 Å². The van der Waals surface area contributed by atoms with E-state index in [1.54, 1.807) is 6.08 Å². The zero-order chi connectivity index (χ0) is 6.53. The summed E-state index contributed by atoms with van der Waals surface area (Å²) in [5.74, 6) is 0.523. The van der Waals surface area contributed by atoms with Gasteiger partial charge in [-0.05, 0) is 24.8 Å². The highest BCUT2D eigenvalue weighted by atomic mass is 16.1. The fourth-order valence-electron chi connectivity index (χ4n) is 1.00. The Balaban J connectivity index is 2.35. The summed E-state index contributed by atoms with van der Waals surface area (Å²) in [5.41, 5.74) is 0. The second-order valence-electron chi connectivity index (χ2n) is 2.19. The lowest BCUT2D eigenvalue weighted by atomic mass is 10.1. The molecule has 1 aliphatic carbocycles. The molecule has 48 valence electrons. The van der Waals surface area contributed by atoms with Crippen molar-refractivity contribution < 1.29 is 4.79 Å². The SMILES string of the molecule is O=CC=CC1C=CCC1. The third kappa shape index (κ3) is 1.84. The number of hydrogen-bond acceptors (Lipinski definition) is 1. The van der Waals surface area contributed by atoms with Gasteiger partial charge >= 0.3 is 0 Å². The van der Waals surface area contributed by atoms with Gasteiger partial charge in [0.2, 0.25) is 0 Å². The van der Waals surface area contributed by atoms with Gasteiger partial charge in [0.1, 0.15) is 6.29 Å². The number of rotatable bonds is 2. The highest BCUT2D eigenvalue weighted by Gasteiger charge is 2.02. The second kappa shape index (κ2) is 3.23. The maximum Gasteiger partial charge on any atom is 0.142 e. The van der Waals surface area contributed by atoms with Gasteiger partial charge < -0.3 is 0 Å². The zero-order valence-corrected chi connectivity index (χ0v) is 5.29. The van der Waals surface area contributed by atoms with E-state index in [2.05, 4.69) is 12.2 Å². The first-order valence-corrected chi connectivity index (χ1v) is 3.22. The van der Waals surface area contributed by atoms with E-state index in [1.165, 1.54) is 6.42 Å². The summed E-state index contributed by atoms with van der Waals surface area (Å²) in [7, 11) is 0. The van der Waals surface area contributed by atoms with Crippen LogP contribution in [0, 0.1) is 5.92 Å². The predicted molar refractivity (Wildman–Crippen MR) is 37.1 cm³/mol. The molecular weight excluding hydrogens is 112 g/mol. The number of aldehydes is 1. The highest BCUT2D eigenvalue weighted by molar-refractivity contribution is 5.64. The van der Waals surface area contributed by atoms with Gasteiger partial charge in [-0.3, -0.25) is 4.79 Å². The molecule has 0 saturated heterocycles. The average Bonchev–Trinajstić information content (AvgIpc) is 2.34. The maximum atomic E-state index is 9.85. The maximum absolute atomic E-state index is 9.85. The minimum Gasteiger partial charge on any atom is -0.299 e. The van der Waals surface area contributed by atoms with Crippen LogP contribution in [0.5, 0.6) is 0 Å². The van der Waals surface area contributed by atoms with Crippen molar-refractivity contribution in [1.29, 1.82) is 0 Å². The van der Waals surface area contributed by atoms with E-state index in [1.807, 2.05) is 6.08 Å². The van der Waals surface area contributed by atoms with Crippen LogP contribution < -0.4 is 0 Å². The number of carbonyl (C=O) groups excluding carboxylic acids is 1. The Kier molecular flexibility index (Phi) is 2.25.